The molecule has 1 aliphatic rings. The van der Waals surface area contributed by atoms with Crippen molar-refractivity contribution in [1.82, 2.24) is 20.4 Å². The molecule has 8 nitrogen and oxygen atoms in total. The summed E-state index contributed by atoms with van der Waals surface area (Å²) in [6.45, 7) is 5.20. The van der Waals surface area contributed by atoms with Crippen molar-refractivity contribution in [2.24, 2.45) is 5.92 Å². The van der Waals surface area contributed by atoms with Gasteiger partial charge in [0.05, 0.1) is 6.54 Å². The number of rotatable bonds is 3. The van der Waals surface area contributed by atoms with Gasteiger partial charge in [-0.15, -0.1) is 0 Å². The zero-order chi connectivity index (χ0) is 22.4. The highest BCUT2D eigenvalue weighted by Crippen LogP contribution is 2.15. The van der Waals surface area contributed by atoms with E-state index in [-0.39, 0.29) is 18.2 Å². The molecule has 0 bridgehead atoms. The summed E-state index contributed by atoms with van der Waals surface area (Å²) in [6.07, 6.45) is 1.99. The lowest BCUT2D eigenvalue weighted by Crippen LogP contribution is -2.56. The van der Waals surface area contributed by atoms with Crippen molar-refractivity contribution in [3.8, 4) is 0 Å². The van der Waals surface area contributed by atoms with E-state index in [1.807, 2.05) is 44.2 Å². The molecule has 1 heterocycles. The molecule has 0 aromatic heterocycles. The third-order valence-corrected chi connectivity index (χ3v) is 5.10. The topological polar surface area (TPSA) is 98.8 Å². The van der Waals surface area contributed by atoms with Gasteiger partial charge in [-0.2, -0.15) is 0 Å². The van der Waals surface area contributed by atoms with E-state index in [9.17, 15) is 19.2 Å². The Morgan fingerprint density at radius 2 is 1.73 bits per heavy atom. The Morgan fingerprint density at radius 3 is 2.33 bits per heavy atom. The molecule has 2 atom stereocenters. The molecular weight excluding hydrogens is 384 g/mol. The lowest BCUT2D eigenvalue weighted by atomic mass is 10.0. The van der Waals surface area contributed by atoms with Crippen LogP contribution in [0.15, 0.2) is 36.0 Å². The van der Waals surface area contributed by atoms with Crippen LogP contribution >= 0.6 is 0 Å². The monoisotopic (exact) mass is 414 g/mol. The van der Waals surface area contributed by atoms with Crippen LogP contribution in [0.1, 0.15) is 32.8 Å². The molecule has 0 spiro atoms. The highest BCUT2D eigenvalue weighted by atomic mass is 16.2. The van der Waals surface area contributed by atoms with Gasteiger partial charge in [0.25, 0.3) is 5.91 Å². The van der Waals surface area contributed by atoms with E-state index in [1.54, 1.807) is 13.0 Å². The Hall–Kier alpha value is -3.16. The molecule has 1 aliphatic heterocycles. The molecule has 2 rings (SSSR count). The van der Waals surface area contributed by atoms with Crippen LogP contribution in [-0.2, 0) is 19.2 Å². The third kappa shape index (κ3) is 5.68. The van der Waals surface area contributed by atoms with E-state index in [4.69, 9.17) is 0 Å². The second kappa shape index (κ2) is 10.0. The lowest BCUT2D eigenvalue weighted by molar-refractivity contribution is -0.142. The summed E-state index contributed by atoms with van der Waals surface area (Å²) in [4.78, 5) is 53.8. The molecule has 0 unspecified atom stereocenters. The van der Waals surface area contributed by atoms with Crippen molar-refractivity contribution in [3.63, 3.8) is 0 Å². The van der Waals surface area contributed by atoms with Gasteiger partial charge in [0.15, 0.2) is 0 Å². The van der Waals surface area contributed by atoms with Crippen molar-refractivity contribution < 1.29 is 19.2 Å². The maximum Gasteiger partial charge on any atom is 0.268 e. The quantitative estimate of drug-likeness (QED) is 0.721. The molecule has 1 saturated heterocycles. The third-order valence-electron chi connectivity index (χ3n) is 5.10. The maximum atomic E-state index is 13.3. The van der Waals surface area contributed by atoms with E-state index in [0.717, 1.165) is 5.56 Å². The lowest BCUT2D eigenvalue weighted by Gasteiger charge is -2.31. The van der Waals surface area contributed by atoms with Crippen molar-refractivity contribution >= 4 is 29.7 Å². The summed E-state index contributed by atoms with van der Waals surface area (Å²) in [5, 5.41) is 5.33. The summed E-state index contributed by atoms with van der Waals surface area (Å²) >= 11 is 0. The molecule has 2 N–H and O–H groups in total. The first-order chi connectivity index (χ1) is 14.1. The summed E-state index contributed by atoms with van der Waals surface area (Å²) in [5.41, 5.74) is 0.828. The van der Waals surface area contributed by atoms with Crippen LogP contribution < -0.4 is 10.6 Å². The van der Waals surface area contributed by atoms with E-state index >= 15 is 0 Å². The minimum atomic E-state index is -0.820. The fourth-order valence-corrected chi connectivity index (χ4v) is 3.12. The molecule has 8 heteroatoms. The van der Waals surface area contributed by atoms with Gasteiger partial charge in [0.2, 0.25) is 17.7 Å². The van der Waals surface area contributed by atoms with Gasteiger partial charge in [-0.25, -0.2) is 0 Å². The minimum absolute atomic E-state index is 0.0956. The molecule has 1 aromatic carbocycles. The summed E-state index contributed by atoms with van der Waals surface area (Å²) in [5.74, 6) is -1.63. The molecule has 1 fully saturated rings. The number of likely N-dealkylation sites (N-methyl/N-ethyl adjacent to an activating group) is 2. The molecule has 0 saturated carbocycles. The van der Waals surface area contributed by atoms with E-state index in [1.165, 1.54) is 23.9 Å². The molecule has 30 heavy (non-hydrogen) atoms. The van der Waals surface area contributed by atoms with Crippen LogP contribution in [0.25, 0.3) is 6.08 Å². The fourth-order valence-electron chi connectivity index (χ4n) is 3.12. The van der Waals surface area contributed by atoms with Crippen LogP contribution in [-0.4, -0.2) is 66.2 Å². The van der Waals surface area contributed by atoms with Crippen LogP contribution in [0.4, 0.5) is 0 Å². The number of hydrogen-bond acceptors (Lipinski definition) is 4. The number of nitrogens with zero attached hydrogens (tertiary/aromatic N) is 2. The largest absolute Gasteiger partial charge is 0.342 e. The highest BCUT2D eigenvalue weighted by Gasteiger charge is 2.32. The van der Waals surface area contributed by atoms with Crippen molar-refractivity contribution in [2.75, 3.05) is 20.6 Å². The zero-order valence-electron chi connectivity index (χ0n) is 18.1. The zero-order valence-corrected chi connectivity index (χ0v) is 18.1. The van der Waals surface area contributed by atoms with Crippen LogP contribution in [0.2, 0.25) is 0 Å². The molecule has 0 aliphatic carbocycles. The fraction of sp³-hybridized carbons (Fsp3) is 0.455. The smallest absolute Gasteiger partial charge is 0.268 e. The van der Waals surface area contributed by atoms with Gasteiger partial charge >= 0.3 is 0 Å². The summed E-state index contributed by atoms with van der Waals surface area (Å²) < 4.78 is 0. The Balaban J connectivity index is 2.49. The first-order valence-corrected chi connectivity index (χ1v) is 10.00. The van der Waals surface area contributed by atoms with Gasteiger partial charge in [-0.05, 0) is 30.9 Å². The summed E-state index contributed by atoms with van der Waals surface area (Å²) in [7, 11) is 3.00. The standard InChI is InChI=1S/C22H30N4O4/c1-14(2)11-17-22(30)26(5)18(12-16-9-7-6-8-10-16)21(29)23-13-19(27)25(4)15(3)20(28)24-17/h6-10,12,14-15,17H,11,13H2,1-5H3,(H,23,29)(H,24,28)/b18-12+/t15-,17-/m0/s1. The Labute approximate surface area is 177 Å². The van der Waals surface area contributed by atoms with Gasteiger partial charge < -0.3 is 20.4 Å². The number of hydrogen-bond donors (Lipinski definition) is 2. The predicted octanol–water partition coefficient (Wildman–Crippen LogP) is 0.994. The van der Waals surface area contributed by atoms with E-state index in [2.05, 4.69) is 10.6 Å². The molecule has 0 radical (unpaired) electrons. The van der Waals surface area contributed by atoms with Gasteiger partial charge in [0.1, 0.15) is 17.8 Å². The second-order valence-corrected chi connectivity index (χ2v) is 7.89. The average molecular weight is 415 g/mol. The van der Waals surface area contributed by atoms with Crippen molar-refractivity contribution in [2.45, 2.75) is 39.3 Å². The van der Waals surface area contributed by atoms with Crippen LogP contribution in [0, 0.1) is 5.92 Å². The first kappa shape index (κ1) is 23.1. The number of carbonyl (C=O) groups is 4. The Kier molecular flexibility index (Phi) is 7.74. The highest BCUT2D eigenvalue weighted by molar-refractivity contribution is 6.04. The molecule has 1 aromatic rings. The number of benzene rings is 1. The van der Waals surface area contributed by atoms with Crippen LogP contribution in [0.3, 0.4) is 0 Å². The van der Waals surface area contributed by atoms with Gasteiger partial charge in [0, 0.05) is 14.1 Å². The maximum absolute atomic E-state index is 13.3. The number of carbonyl (C=O) groups excluding carboxylic acids is 4. The normalized spacial score (nSPS) is 23.2. The van der Waals surface area contributed by atoms with E-state index in [0.29, 0.717) is 6.42 Å². The Bertz CT molecular complexity index is 835. The summed E-state index contributed by atoms with van der Waals surface area (Å²) in [6, 6.07) is 7.51. The average Bonchev–Trinajstić information content (AvgIpc) is 2.72. The van der Waals surface area contributed by atoms with Crippen molar-refractivity contribution in [1.29, 1.82) is 0 Å². The second-order valence-electron chi connectivity index (χ2n) is 7.89. The van der Waals surface area contributed by atoms with Gasteiger partial charge in [-0.1, -0.05) is 44.2 Å². The van der Waals surface area contributed by atoms with Crippen LogP contribution in [0.5, 0.6) is 0 Å². The van der Waals surface area contributed by atoms with E-state index < -0.39 is 35.7 Å². The SMILES string of the molecule is CC(C)C[C@@H]1NC(=O)[C@H](C)N(C)C(=O)CNC(=O)/C(=C\c2ccccc2)N(C)C1=O. The minimum Gasteiger partial charge on any atom is -0.342 e. The predicted molar refractivity (Wildman–Crippen MR) is 114 cm³/mol. The molecule has 4 amide bonds. The van der Waals surface area contributed by atoms with Gasteiger partial charge in [-0.3, -0.25) is 19.2 Å². The number of amides is 4. The Morgan fingerprint density at radius 1 is 1.10 bits per heavy atom. The first-order valence-electron chi connectivity index (χ1n) is 10.00. The number of nitrogens with one attached hydrogen (secondary N) is 2. The molecule has 162 valence electrons. The molecular formula is C22H30N4O4. The van der Waals surface area contributed by atoms with Crippen molar-refractivity contribution in [3.05, 3.63) is 41.6 Å².